The van der Waals surface area contributed by atoms with Gasteiger partial charge in [0.1, 0.15) is 0 Å². The Hall–Kier alpha value is -2.03. The molecular formula is C18H23N3O4S. The van der Waals surface area contributed by atoms with E-state index in [0.29, 0.717) is 23.8 Å². The average molecular weight is 377 g/mol. The predicted octanol–water partition coefficient (Wildman–Crippen LogP) is 1.37. The summed E-state index contributed by atoms with van der Waals surface area (Å²) in [5, 5.41) is 19.5. The summed E-state index contributed by atoms with van der Waals surface area (Å²) in [5.41, 5.74) is 0.784. The lowest BCUT2D eigenvalue weighted by Gasteiger charge is -2.34. The lowest BCUT2D eigenvalue weighted by Crippen LogP contribution is -2.48. The third-order valence-corrected chi connectivity index (χ3v) is 5.29. The highest BCUT2D eigenvalue weighted by atomic mass is 32.2. The van der Waals surface area contributed by atoms with E-state index >= 15 is 0 Å². The summed E-state index contributed by atoms with van der Waals surface area (Å²) in [4.78, 5) is 21.3. The second-order valence-corrected chi connectivity index (χ2v) is 7.03. The van der Waals surface area contributed by atoms with E-state index in [1.165, 1.54) is 11.8 Å². The highest BCUT2D eigenvalue weighted by Gasteiger charge is 2.28. The first kappa shape index (κ1) is 18.8. The van der Waals surface area contributed by atoms with Crippen LogP contribution in [0.5, 0.6) is 11.5 Å². The third-order valence-electron chi connectivity index (χ3n) is 4.25. The number of hydrogen-bond acceptors (Lipinski definition) is 7. The Morgan fingerprint density at radius 2 is 2.08 bits per heavy atom. The normalized spacial score (nSPS) is 19.9. The van der Waals surface area contributed by atoms with Crippen molar-refractivity contribution in [3.05, 3.63) is 28.7 Å². The number of phenolic OH excluding ortho intramolecular Hbond substituents is 1. The molecule has 0 aromatic heterocycles. The molecule has 8 heteroatoms. The van der Waals surface area contributed by atoms with E-state index in [-0.39, 0.29) is 18.3 Å². The van der Waals surface area contributed by atoms with Gasteiger partial charge in [-0.15, -0.1) is 0 Å². The van der Waals surface area contributed by atoms with E-state index < -0.39 is 0 Å². The molecule has 2 aliphatic rings. The summed E-state index contributed by atoms with van der Waals surface area (Å²) in [6.07, 6.45) is 1.77. The number of phenols is 1. The maximum atomic E-state index is 12.2. The van der Waals surface area contributed by atoms with Crippen LogP contribution in [0.3, 0.4) is 0 Å². The van der Waals surface area contributed by atoms with Gasteiger partial charge in [-0.1, -0.05) is 6.07 Å². The Balaban J connectivity index is 1.66. The van der Waals surface area contributed by atoms with Crippen molar-refractivity contribution in [2.45, 2.75) is 6.92 Å². The number of amides is 1. The van der Waals surface area contributed by atoms with Gasteiger partial charge < -0.3 is 19.8 Å². The highest BCUT2D eigenvalue weighted by molar-refractivity contribution is 8.18. The number of hydrogen-bond donors (Lipinski definition) is 2. The van der Waals surface area contributed by atoms with Gasteiger partial charge in [-0.25, -0.2) is 0 Å². The van der Waals surface area contributed by atoms with Crippen molar-refractivity contribution in [3.8, 4) is 11.5 Å². The Labute approximate surface area is 157 Å². The maximum Gasteiger partial charge on any atom is 0.286 e. The fraction of sp³-hybridized carbons (Fsp3) is 0.444. The summed E-state index contributed by atoms with van der Waals surface area (Å²) in [6, 6.07) is 5.01. The summed E-state index contributed by atoms with van der Waals surface area (Å²) in [5.74, 6) is 0.240. The number of thioether (sulfide) groups is 1. The van der Waals surface area contributed by atoms with Gasteiger partial charge in [0, 0.05) is 32.7 Å². The minimum atomic E-state index is -0.242. The molecule has 1 amide bonds. The van der Waals surface area contributed by atoms with Crippen LogP contribution in [-0.2, 0) is 4.79 Å². The number of carbonyl (C=O) groups excluding carboxylic acids is 1. The first-order valence-electron chi connectivity index (χ1n) is 8.67. The molecule has 1 saturated heterocycles. The van der Waals surface area contributed by atoms with Crippen molar-refractivity contribution in [1.82, 2.24) is 9.80 Å². The molecule has 140 valence electrons. The first-order valence-corrected chi connectivity index (χ1v) is 9.49. The van der Waals surface area contributed by atoms with Gasteiger partial charge in [-0.2, -0.15) is 4.99 Å². The van der Waals surface area contributed by atoms with Crippen LogP contribution in [0.2, 0.25) is 0 Å². The van der Waals surface area contributed by atoms with Crippen molar-refractivity contribution in [2.24, 2.45) is 4.99 Å². The molecule has 2 heterocycles. The molecule has 2 N–H and O–H groups in total. The standard InChI is InChI=1S/C18H23N3O4S/c1-2-25-15-11-13(3-4-14(15)23)12-16-17(24)19-18(26-16)21-7-5-20(6-8-21)9-10-22/h3-4,11-12,22-23H,2,5-10H2,1H3/b16-12-. The number of aromatic hydroxyl groups is 1. The lowest BCUT2D eigenvalue weighted by molar-refractivity contribution is -0.113. The van der Waals surface area contributed by atoms with Gasteiger partial charge in [-0.3, -0.25) is 9.69 Å². The number of aliphatic hydroxyl groups excluding tert-OH is 1. The van der Waals surface area contributed by atoms with Crippen LogP contribution in [0.25, 0.3) is 6.08 Å². The quantitative estimate of drug-likeness (QED) is 0.750. The minimum Gasteiger partial charge on any atom is -0.504 e. The molecule has 0 unspecified atom stereocenters. The third kappa shape index (κ3) is 4.38. The van der Waals surface area contributed by atoms with Gasteiger partial charge in [0.15, 0.2) is 16.7 Å². The van der Waals surface area contributed by atoms with Gasteiger partial charge in [-0.05, 0) is 42.5 Å². The summed E-state index contributed by atoms with van der Waals surface area (Å²) >= 11 is 1.37. The second kappa shape index (κ2) is 8.57. The molecule has 1 aromatic carbocycles. The Bertz CT molecular complexity index is 727. The minimum absolute atomic E-state index is 0.0806. The molecule has 0 atom stereocenters. The van der Waals surface area contributed by atoms with Crippen molar-refractivity contribution in [3.63, 3.8) is 0 Å². The first-order chi connectivity index (χ1) is 12.6. The number of carbonyl (C=O) groups is 1. The molecule has 0 aliphatic carbocycles. The molecular weight excluding hydrogens is 354 g/mol. The fourth-order valence-electron chi connectivity index (χ4n) is 2.88. The van der Waals surface area contributed by atoms with Crippen LogP contribution in [0, 0.1) is 0 Å². The maximum absolute atomic E-state index is 12.2. The molecule has 0 radical (unpaired) electrons. The van der Waals surface area contributed by atoms with Gasteiger partial charge in [0.2, 0.25) is 0 Å². The van der Waals surface area contributed by atoms with E-state index in [1.807, 2.05) is 6.92 Å². The zero-order chi connectivity index (χ0) is 18.5. The summed E-state index contributed by atoms with van der Waals surface area (Å²) in [7, 11) is 0. The molecule has 0 saturated carbocycles. The molecule has 7 nitrogen and oxygen atoms in total. The number of nitrogens with zero attached hydrogens (tertiary/aromatic N) is 3. The number of piperazine rings is 1. The predicted molar refractivity (Wildman–Crippen MR) is 102 cm³/mol. The SMILES string of the molecule is CCOc1cc(/C=C2\SC(N3CCN(CCO)CC3)=NC2=O)ccc1O. The van der Waals surface area contributed by atoms with Crippen LogP contribution < -0.4 is 4.74 Å². The summed E-state index contributed by atoms with van der Waals surface area (Å²) in [6.45, 7) is 6.43. The zero-order valence-corrected chi connectivity index (χ0v) is 15.5. The summed E-state index contributed by atoms with van der Waals surface area (Å²) < 4.78 is 5.38. The number of aliphatic imine (C=N–C) groups is 1. The van der Waals surface area contributed by atoms with Crippen molar-refractivity contribution < 1.29 is 19.7 Å². The smallest absolute Gasteiger partial charge is 0.286 e. The number of amidine groups is 1. The van der Waals surface area contributed by atoms with E-state index in [2.05, 4.69) is 14.8 Å². The molecule has 0 bridgehead atoms. The van der Waals surface area contributed by atoms with Crippen molar-refractivity contribution in [2.75, 3.05) is 45.9 Å². The van der Waals surface area contributed by atoms with Gasteiger partial charge in [0.05, 0.1) is 18.1 Å². The van der Waals surface area contributed by atoms with Crippen LogP contribution in [-0.4, -0.2) is 77.0 Å². The van der Waals surface area contributed by atoms with Crippen LogP contribution >= 0.6 is 11.8 Å². The highest BCUT2D eigenvalue weighted by Crippen LogP contribution is 2.33. The Morgan fingerprint density at radius 3 is 2.77 bits per heavy atom. The molecule has 1 fully saturated rings. The fourth-order valence-corrected chi connectivity index (χ4v) is 3.85. The molecule has 0 spiro atoms. The molecule has 2 aliphatic heterocycles. The van der Waals surface area contributed by atoms with Gasteiger partial charge in [0.25, 0.3) is 5.91 Å². The monoisotopic (exact) mass is 377 g/mol. The number of aliphatic hydroxyl groups is 1. The number of ether oxygens (including phenoxy) is 1. The number of rotatable bonds is 5. The van der Waals surface area contributed by atoms with Crippen molar-refractivity contribution >= 4 is 28.9 Å². The number of benzene rings is 1. The second-order valence-electron chi connectivity index (χ2n) is 6.02. The largest absolute Gasteiger partial charge is 0.504 e. The molecule has 1 aromatic rings. The Morgan fingerprint density at radius 1 is 1.31 bits per heavy atom. The molecule has 3 rings (SSSR count). The van der Waals surface area contributed by atoms with Crippen LogP contribution in [0.4, 0.5) is 0 Å². The average Bonchev–Trinajstić information content (AvgIpc) is 3.00. The number of β-amino-alcohol motifs (C(OH)–C–C–N with tert-alkyl or cyclic N) is 1. The van der Waals surface area contributed by atoms with Crippen LogP contribution in [0.15, 0.2) is 28.1 Å². The topological polar surface area (TPSA) is 85.6 Å². The lowest BCUT2D eigenvalue weighted by atomic mass is 10.2. The van der Waals surface area contributed by atoms with Gasteiger partial charge >= 0.3 is 0 Å². The van der Waals surface area contributed by atoms with Crippen molar-refractivity contribution in [1.29, 1.82) is 0 Å². The zero-order valence-electron chi connectivity index (χ0n) is 14.7. The van der Waals surface area contributed by atoms with E-state index in [9.17, 15) is 9.90 Å². The van der Waals surface area contributed by atoms with E-state index in [0.717, 1.165) is 36.9 Å². The molecule has 26 heavy (non-hydrogen) atoms. The van der Waals surface area contributed by atoms with E-state index in [1.54, 1.807) is 24.3 Å². The Kier molecular flexibility index (Phi) is 6.18. The van der Waals surface area contributed by atoms with Crippen LogP contribution in [0.1, 0.15) is 12.5 Å². The van der Waals surface area contributed by atoms with E-state index in [4.69, 9.17) is 9.84 Å².